The van der Waals surface area contributed by atoms with Gasteiger partial charge in [-0.05, 0) is 18.1 Å². The van der Waals surface area contributed by atoms with Gasteiger partial charge in [-0.3, -0.25) is 10.1 Å². The summed E-state index contributed by atoms with van der Waals surface area (Å²) < 4.78 is 25.2. The standard InChI is InChI=1S/C9H8BrF2NO2/c1-2-5-3-6(10)8(9(11)12)7(4-5)13(14)15/h3-4,9H,2H2,1H3. The minimum absolute atomic E-state index is 0.0866. The van der Waals surface area contributed by atoms with Crippen LogP contribution in [0.15, 0.2) is 16.6 Å². The fraction of sp³-hybridized carbons (Fsp3) is 0.333. The number of hydrogen-bond donors (Lipinski definition) is 0. The molecule has 1 aromatic rings. The molecular weight excluding hydrogens is 272 g/mol. The van der Waals surface area contributed by atoms with Crippen molar-refractivity contribution in [3.05, 3.63) is 37.8 Å². The maximum atomic E-state index is 12.5. The number of nitro groups is 1. The van der Waals surface area contributed by atoms with Crippen LogP contribution in [0.5, 0.6) is 0 Å². The Labute approximate surface area is 93.4 Å². The number of rotatable bonds is 3. The van der Waals surface area contributed by atoms with Crippen LogP contribution in [-0.4, -0.2) is 4.92 Å². The fourth-order valence-electron chi connectivity index (χ4n) is 1.23. The van der Waals surface area contributed by atoms with Gasteiger partial charge in [0.05, 0.1) is 4.92 Å². The summed E-state index contributed by atoms with van der Waals surface area (Å²) in [6, 6.07) is 2.67. The minimum atomic E-state index is -2.86. The lowest BCUT2D eigenvalue weighted by atomic mass is 10.1. The summed E-state index contributed by atoms with van der Waals surface area (Å²) in [6.45, 7) is 1.80. The van der Waals surface area contributed by atoms with Gasteiger partial charge >= 0.3 is 0 Å². The van der Waals surface area contributed by atoms with E-state index < -0.39 is 22.6 Å². The summed E-state index contributed by atoms with van der Waals surface area (Å²) in [5, 5.41) is 10.6. The van der Waals surface area contributed by atoms with Crippen LogP contribution < -0.4 is 0 Å². The maximum absolute atomic E-state index is 12.5. The van der Waals surface area contributed by atoms with Gasteiger partial charge in [0.25, 0.3) is 12.1 Å². The molecule has 0 amide bonds. The molecule has 1 aromatic carbocycles. The van der Waals surface area contributed by atoms with Crippen molar-refractivity contribution < 1.29 is 13.7 Å². The summed E-state index contributed by atoms with van der Waals surface area (Å²) in [5.74, 6) is 0. The first-order valence-corrected chi connectivity index (χ1v) is 5.01. The first kappa shape index (κ1) is 12.0. The summed E-state index contributed by atoms with van der Waals surface area (Å²) in [5.41, 5.74) is -0.439. The van der Waals surface area contributed by atoms with Crippen molar-refractivity contribution in [2.45, 2.75) is 19.8 Å². The zero-order chi connectivity index (χ0) is 11.6. The molecule has 0 bridgehead atoms. The topological polar surface area (TPSA) is 43.1 Å². The smallest absolute Gasteiger partial charge is 0.258 e. The third-order valence-corrected chi connectivity index (χ3v) is 2.65. The Hall–Kier alpha value is -1.04. The highest BCUT2D eigenvalue weighted by atomic mass is 79.9. The van der Waals surface area contributed by atoms with Gasteiger partial charge in [-0.15, -0.1) is 0 Å². The van der Waals surface area contributed by atoms with E-state index in [9.17, 15) is 18.9 Å². The average Bonchev–Trinajstić information content (AvgIpc) is 2.15. The lowest BCUT2D eigenvalue weighted by Gasteiger charge is -2.06. The molecule has 82 valence electrons. The number of nitro benzene ring substituents is 1. The highest BCUT2D eigenvalue weighted by molar-refractivity contribution is 9.10. The Morgan fingerprint density at radius 1 is 1.53 bits per heavy atom. The highest BCUT2D eigenvalue weighted by Gasteiger charge is 2.25. The number of hydrogen-bond acceptors (Lipinski definition) is 2. The van der Waals surface area contributed by atoms with E-state index >= 15 is 0 Å². The Bertz CT molecular complexity index is 396. The number of aryl methyl sites for hydroxylation is 1. The molecule has 6 heteroatoms. The molecule has 0 atom stereocenters. The average molecular weight is 280 g/mol. The first-order chi connectivity index (χ1) is 6.97. The summed E-state index contributed by atoms with van der Waals surface area (Å²) >= 11 is 2.92. The molecule has 0 saturated heterocycles. The van der Waals surface area contributed by atoms with Gasteiger partial charge < -0.3 is 0 Å². The van der Waals surface area contributed by atoms with Crippen LogP contribution in [0.4, 0.5) is 14.5 Å². The minimum Gasteiger partial charge on any atom is -0.258 e. The second-order valence-electron chi connectivity index (χ2n) is 2.92. The van der Waals surface area contributed by atoms with E-state index in [0.717, 1.165) is 0 Å². The molecule has 0 aliphatic heterocycles. The molecule has 0 aliphatic rings. The van der Waals surface area contributed by atoms with Crippen LogP contribution in [0.1, 0.15) is 24.5 Å². The van der Waals surface area contributed by atoms with Gasteiger partial charge in [-0.25, -0.2) is 8.78 Å². The normalized spacial score (nSPS) is 10.7. The van der Waals surface area contributed by atoms with Gasteiger partial charge in [-0.1, -0.05) is 22.9 Å². The van der Waals surface area contributed by atoms with Crippen molar-refractivity contribution in [2.24, 2.45) is 0 Å². The molecule has 0 heterocycles. The molecule has 0 spiro atoms. The predicted octanol–water partition coefficient (Wildman–Crippen LogP) is 3.86. The van der Waals surface area contributed by atoms with Gasteiger partial charge in [0.1, 0.15) is 5.56 Å². The predicted molar refractivity (Wildman–Crippen MR) is 55.1 cm³/mol. The third-order valence-electron chi connectivity index (χ3n) is 1.99. The maximum Gasteiger partial charge on any atom is 0.279 e. The lowest BCUT2D eigenvalue weighted by molar-refractivity contribution is -0.386. The van der Waals surface area contributed by atoms with Crippen molar-refractivity contribution in [3.8, 4) is 0 Å². The number of halogens is 3. The highest BCUT2D eigenvalue weighted by Crippen LogP contribution is 2.36. The monoisotopic (exact) mass is 279 g/mol. The second kappa shape index (κ2) is 4.65. The van der Waals surface area contributed by atoms with Crippen molar-refractivity contribution in [1.82, 2.24) is 0 Å². The van der Waals surface area contributed by atoms with Crippen LogP contribution in [0, 0.1) is 10.1 Å². The zero-order valence-electron chi connectivity index (χ0n) is 7.84. The third kappa shape index (κ3) is 2.50. The first-order valence-electron chi connectivity index (χ1n) is 4.22. The van der Waals surface area contributed by atoms with E-state index in [2.05, 4.69) is 15.9 Å². The molecule has 15 heavy (non-hydrogen) atoms. The van der Waals surface area contributed by atoms with Gasteiger partial charge in [0.15, 0.2) is 0 Å². The Morgan fingerprint density at radius 3 is 2.53 bits per heavy atom. The van der Waals surface area contributed by atoms with Crippen molar-refractivity contribution >= 4 is 21.6 Å². The van der Waals surface area contributed by atoms with Crippen LogP contribution >= 0.6 is 15.9 Å². The van der Waals surface area contributed by atoms with Crippen LogP contribution in [0.25, 0.3) is 0 Å². The van der Waals surface area contributed by atoms with Crippen LogP contribution in [0.3, 0.4) is 0 Å². The van der Waals surface area contributed by atoms with Crippen molar-refractivity contribution in [2.75, 3.05) is 0 Å². The summed E-state index contributed by atoms with van der Waals surface area (Å²) in [4.78, 5) is 9.81. The fourth-order valence-corrected chi connectivity index (χ4v) is 1.90. The lowest BCUT2D eigenvalue weighted by Crippen LogP contribution is -1.99. The summed E-state index contributed by atoms with van der Waals surface area (Å²) in [7, 11) is 0. The van der Waals surface area contributed by atoms with E-state index in [0.29, 0.717) is 12.0 Å². The molecule has 3 nitrogen and oxygen atoms in total. The molecule has 0 unspecified atom stereocenters. The van der Waals surface area contributed by atoms with E-state index in [1.54, 1.807) is 6.92 Å². The molecule has 0 aromatic heterocycles. The molecule has 0 fully saturated rings. The largest absolute Gasteiger partial charge is 0.279 e. The Morgan fingerprint density at radius 2 is 2.13 bits per heavy atom. The van der Waals surface area contributed by atoms with Crippen LogP contribution in [-0.2, 0) is 6.42 Å². The van der Waals surface area contributed by atoms with Crippen molar-refractivity contribution in [3.63, 3.8) is 0 Å². The van der Waals surface area contributed by atoms with E-state index in [4.69, 9.17) is 0 Å². The molecule has 0 N–H and O–H groups in total. The quantitative estimate of drug-likeness (QED) is 0.623. The molecular formula is C9H8BrF2NO2. The van der Waals surface area contributed by atoms with Gasteiger partial charge in [0.2, 0.25) is 0 Å². The van der Waals surface area contributed by atoms with E-state index in [-0.39, 0.29) is 4.47 Å². The number of benzene rings is 1. The Kier molecular flexibility index (Phi) is 3.73. The SMILES string of the molecule is CCc1cc(Br)c(C(F)F)c([N+](=O)[O-])c1. The van der Waals surface area contributed by atoms with E-state index in [1.165, 1.54) is 12.1 Å². The van der Waals surface area contributed by atoms with E-state index in [1.807, 2.05) is 0 Å². The van der Waals surface area contributed by atoms with Crippen LogP contribution in [0.2, 0.25) is 0 Å². The summed E-state index contributed by atoms with van der Waals surface area (Å²) in [6.07, 6.45) is -2.30. The number of nitrogens with zero attached hydrogens (tertiary/aromatic N) is 1. The molecule has 0 aliphatic carbocycles. The molecule has 0 saturated carbocycles. The van der Waals surface area contributed by atoms with Crippen molar-refractivity contribution in [1.29, 1.82) is 0 Å². The zero-order valence-corrected chi connectivity index (χ0v) is 9.42. The molecule has 1 rings (SSSR count). The van der Waals surface area contributed by atoms with Gasteiger partial charge in [-0.2, -0.15) is 0 Å². The molecule has 0 radical (unpaired) electrons. The van der Waals surface area contributed by atoms with Gasteiger partial charge in [0, 0.05) is 10.5 Å². The Balaban J connectivity index is 3.42. The number of alkyl halides is 2. The second-order valence-corrected chi connectivity index (χ2v) is 3.78.